The molecule has 0 aliphatic carbocycles. The molecule has 0 bridgehead atoms. The molecule has 0 saturated carbocycles. The van der Waals surface area contributed by atoms with Crippen LogP contribution in [0.25, 0.3) is 0 Å². The van der Waals surface area contributed by atoms with E-state index in [1.54, 1.807) is 24.9 Å². The summed E-state index contributed by atoms with van der Waals surface area (Å²) < 4.78 is 1.67. The lowest BCUT2D eigenvalue weighted by Crippen LogP contribution is -2.13. The van der Waals surface area contributed by atoms with Crippen LogP contribution in [-0.2, 0) is 7.05 Å². The van der Waals surface area contributed by atoms with Crippen LogP contribution >= 0.6 is 11.3 Å². The molecule has 0 atom stereocenters. The number of nitrogens with zero attached hydrogens (tertiary/aromatic N) is 3. The van der Waals surface area contributed by atoms with E-state index in [2.05, 4.69) is 27.2 Å². The molecule has 0 unspecified atom stereocenters. The Morgan fingerprint density at radius 3 is 2.90 bits per heavy atom. The van der Waals surface area contributed by atoms with Crippen LogP contribution in [0.2, 0.25) is 0 Å². The van der Waals surface area contributed by atoms with E-state index in [0.717, 1.165) is 5.69 Å². The minimum Gasteiger partial charge on any atom is -0.384 e. The third-order valence-electron chi connectivity index (χ3n) is 2.75. The molecule has 1 amide bonds. The van der Waals surface area contributed by atoms with Gasteiger partial charge in [0.25, 0.3) is 5.91 Å². The number of hydrogen-bond donors (Lipinski definition) is 2. The Kier molecular flexibility index (Phi) is 4.17. The fraction of sp³-hybridized carbons (Fsp3) is 0.308. The second kappa shape index (κ2) is 5.86. The van der Waals surface area contributed by atoms with E-state index in [-0.39, 0.29) is 12.5 Å². The Labute approximate surface area is 120 Å². The second-order valence-electron chi connectivity index (χ2n) is 4.11. The van der Waals surface area contributed by atoms with Gasteiger partial charge in [0.15, 0.2) is 5.13 Å². The number of thiazole rings is 1. The molecule has 2 aromatic heterocycles. The number of aliphatic hydroxyl groups excluding tert-OH is 1. The zero-order chi connectivity index (χ0) is 14.7. The maximum absolute atomic E-state index is 12.2. The summed E-state index contributed by atoms with van der Waals surface area (Å²) in [7, 11) is 1.80. The summed E-state index contributed by atoms with van der Waals surface area (Å²) >= 11 is 1.26. The van der Waals surface area contributed by atoms with Crippen molar-refractivity contribution in [1.29, 1.82) is 0 Å². The van der Waals surface area contributed by atoms with Crippen LogP contribution in [0.15, 0.2) is 6.20 Å². The minimum atomic E-state index is -0.232. The van der Waals surface area contributed by atoms with Crippen molar-refractivity contribution in [2.75, 3.05) is 11.9 Å². The van der Waals surface area contributed by atoms with E-state index in [0.29, 0.717) is 21.3 Å². The summed E-state index contributed by atoms with van der Waals surface area (Å²) in [6.07, 6.45) is 1.56. The largest absolute Gasteiger partial charge is 0.384 e. The number of aromatic nitrogens is 3. The summed E-state index contributed by atoms with van der Waals surface area (Å²) in [6, 6.07) is 0. The van der Waals surface area contributed by atoms with E-state index < -0.39 is 0 Å². The van der Waals surface area contributed by atoms with Gasteiger partial charge < -0.3 is 5.11 Å². The topological polar surface area (TPSA) is 80.0 Å². The van der Waals surface area contributed by atoms with Crippen LogP contribution in [0.5, 0.6) is 0 Å². The summed E-state index contributed by atoms with van der Waals surface area (Å²) in [6.45, 7) is 3.44. The number of aryl methyl sites for hydroxylation is 2. The quantitative estimate of drug-likeness (QED) is 0.811. The van der Waals surface area contributed by atoms with Crippen LogP contribution < -0.4 is 5.32 Å². The highest BCUT2D eigenvalue weighted by atomic mass is 32.1. The summed E-state index contributed by atoms with van der Waals surface area (Å²) in [4.78, 5) is 17.0. The Bertz CT molecular complexity index is 706. The lowest BCUT2D eigenvalue weighted by molar-refractivity contribution is 0.102. The summed E-state index contributed by atoms with van der Waals surface area (Å²) in [5, 5.41) is 16.0. The molecule has 2 N–H and O–H groups in total. The average Bonchev–Trinajstić information content (AvgIpc) is 2.93. The molecule has 2 heterocycles. The Morgan fingerprint density at radius 2 is 2.30 bits per heavy atom. The van der Waals surface area contributed by atoms with E-state index in [1.165, 1.54) is 11.3 Å². The molecule has 0 radical (unpaired) electrons. The third kappa shape index (κ3) is 2.87. The number of nitrogens with one attached hydrogen (secondary N) is 1. The molecule has 20 heavy (non-hydrogen) atoms. The number of carbonyl (C=O) groups is 1. The number of amides is 1. The fourth-order valence-electron chi connectivity index (χ4n) is 1.78. The molecule has 6 nitrogen and oxygen atoms in total. The van der Waals surface area contributed by atoms with Gasteiger partial charge in [-0.25, -0.2) is 4.98 Å². The number of rotatable bonds is 2. The Morgan fingerprint density at radius 1 is 1.55 bits per heavy atom. The molecule has 0 aliphatic rings. The third-order valence-corrected chi connectivity index (χ3v) is 3.58. The highest BCUT2D eigenvalue weighted by Gasteiger charge is 2.18. The smallest absolute Gasteiger partial charge is 0.261 e. The molecule has 7 heteroatoms. The summed E-state index contributed by atoms with van der Waals surface area (Å²) in [5.41, 5.74) is 2.04. The zero-order valence-corrected chi connectivity index (χ0v) is 12.2. The van der Waals surface area contributed by atoms with Crippen LogP contribution in [0.3, 0.4) is 0 Å². The maximum Gasteiger partial charge on any atom is 0.261 e. The molecule has 0 spiro atoms. The van der Waals surface area contributed by atoms with Crippen LogP contribution in [-0.4, -0.2) is 32.4 Å². The first kappa shape index (κ1) is 14.2. The molecule has 104 valence electrons. The van der Waals surface area contributed by atoms with Gasteiger partial charge >= 0.3 is 0 Å². The van der Waals surface area contributed by atoms with Crippen molar-refractivity contribution in [3.8, 4) is 11.8 Å². The minimum absolute atomic E-state index is 0.201. The normalized spacial score (nSPS) is 10.0. The monoisotopic (exact) mass is 290 g/mol. The number of aliphatic hydroxyl groups is 1. The molecule has 0 aromatic carbocycles. The standard InChI is InChI=1S/C13H14N4O2S/c1-8-11(9(2)17(3)16-8)12(19)15-13-14-7-10(20-13)5-4-6-18/h7,18H,6H2,1-3H3,(H,14,15,19). The van der Waals surface area contributed by atoms with E-state index >= 15 is 0 Å². The van der Waals surface area contributed by atoms with Crippen molar-refractivity contribution in [3.63, 3.8) is 0 Å². The van der Waals surface area contributed by atoms with Gasteiger partial charge in [-0.05, 0) is 13.8 Å². The molecular formula is C13H14N4O2S. The molecule has 0 aliphatic heterocycles. The average molecular weight is 290 g/mol. The van der Waals surface area contributed by atoms with E-state index in [4.69, 9.17) is 5.11 Å². The molecular weight excluding hydrogens is 276 g/mol. The number of hydrogen-bond acceptors (Lipinski definition) is 5. The number of anilines is 1. The molecule has 0 fully saturated rings. The second-order valence-corrected chi connectivity index (χ2v) is 5.14. The van der Waals surface area contributed by atoms with Crippen molar-refractivity contribution in [2.24, 2.45) is 7.05 Å². The van der Waals surface area contributed by atoms with Gasteiger partial charge in [0, 0.05) is 12.7 Å². The zero-order valence-electron chi connectivity index (χ0n) is 11.4. The van der Waals surface area contributed by atoms with Crippen molar-refractivity contribution < 1.29 is 9.90 Å². The lowest BCUT2D eigenvalue weighted by Gasteiger charge is -2.01. The van der Waals surface area contributed by atoms with Crippen molar-refractivity contribution in [1.82, 2.24) is 14.8 Å². The Balaban J connectivity index is 2.17. The highest BCUT2D eigenvalue weighted by Crippen LogP contribution is 2.19. The van der Waals surface area contributed by atoms with Gasteiger partial charge in [0.05, 0.1) is 22.3 Å². The van der Waals surface area contributed by atoms with Gasteiger partial charge in [0.2, 0.25) is 0 Å². The lowest BCUT2D eigenvalue weighted by atomic mass is 10.2. The van der Waals surface area contributed by atoms with Gasteiger partial charge in [0.1, 0.15) is 6.61 Å². The van der Waals surface area contributed by atoms with E-state index in [1.807, 2.05) is 6.92 Å². The van der Waals surface area contributed by atoms with Gasteiger partial charge in [-0.15, -0.1) is 0 Å². The maximum atomic E-state index is 12.2. The van der Waals surface area contributed by atoms with Gasteiger partial charge in [-0.1, -0.05) is 23.2 Å². The molecule has 2 aromatic rings. The first-order valence-electron chi connectivity index (χ1n) is 5.90. The molecule has 2 rings (SSSR count). The van der Waals surface area contributed by atoms with E-state index in [9.17, 15) is 4.79 Å². The van der Waals surface area contributed by atoms with Crippen molar-refractivity contribution in [3.05, 3.63) is 28.0 Å². The fourth-order valence-corrected chi connectivity index (χ4v) is 2.46. The van der Waals surface area contributed by atoms with Crippen molar-refractivity contribution >= 4 is 22.4 Å². The SMILES string of the molecule is Cc1nn(C)c(C)c1C(=O)Nc1ncc(C#CCO)s1. The van der Waals surface area contributed by atoms with Crippen LogP contribution in [0, 0.1) is 25.7 Å². The highest BCUT2D eigenvalue weighted by molar-refractivity contribution is 7.16. The van der Waals surface area contributed by atoms with Crippen molar-refractivity contribution in [2.45, 2.75) is 13.8 Å². The van der Waals surface area contributed by atoms with Gasteiger partial charge in [-0.2, -0.15) is 5.10 Å². The first-order chi connectivity index (χ1) is 9.52. The predicted octanol–water partition coefficient (Wildman–Crippen LogP) is 1.09. The predicted molar refractivity (Wildman–Crippen MR) is 76.7 cm³/mol. The Hall–Kier alpha value is -2.17. The first-order valence-corrected chi connectivity index (χ1v) is 6.71. The number of carbonyl (C=O) groups excluding carboxylic acids is 1. The molecule has 0 saturated heterocycles. The summed E-state index contributed by atoms with van der Waals surface area (Å²) in [5.74, 6) is 5.04. The van der Waals surface area contributed by atoms with Crippen LogP contribution in [0.1, 0.15) is 26.6 Å². The van der Waals surface area contributed by atoms with Crippen LogP contribution in [0.4, 0.5) is 5.13 Å². The van der Waals surface area contributed by atoms with Gasteiger partial charge in [-0.3, -0.25) is 14.8 Å².